The summed E-state index contributed by atoms with van der Waals surface area (Å²) in [6.07, 6.45) is 6.34. The molecule has 1 aliphatic heterocycles. The molecule has 5 rings (SSSR count). The number of carbonyl (C=O) groups excluding carboxylic acids is 1. The van der Waals surface area contributed by atoms with Crippen LogP contribution in [0.2, 0.25) is 5.02 Å². The molecule has 0 atom stereocenters. The molecule has 176 valence electrons. The van der Waals surface area contributed by atoms with Crippen molar-refractivity contribution < 1.29 is 14.2 Å². The van der Waals surface area contributed by atoms with Crippen molar-refractivity contribution in [2.24, 2.45) is 0 Å². The Hall–Kier alpha value is -3.53. The van der Waals surface area contributed by atoms with Crippen molar-refractivity contribution in [1.82, 2.24) is 20.0 Å². The Bertz CT molecular complexity index is 1200. The predicted molar refractivity (Wildman–Crippen MR) is 125 cm³/mol. The highest BCUT2D eigenvalue weighted by molar-refractivity contribution is 6.33. The van der Waals surface area contributed by atoms with Gasteiger partial charge >= 0.3 is 0 Å². The number of non-ortho nitro benzene ring substituents is 1. The van der Waals surface area contributed by atoms with Crippen LogP contribution in [-0.2, 0) is 0 Å². The second kappa shape index (κ2) is 9.38. The van der Waals surface area contributed by atoms with Crippen molar-refractivity contribution in [3.05, 3.63) is 63.1 Å². The first kappa shape index (κ1) is 22.3. The highest BCUT2D eigenvalue weighted by Gasteiger charge is 2.26. The van der Waals surface area contributed by atoms with Gasteiger partial charge in [-0.1, -0.05) is 29.6 Å². The summed E-state index contributed by atoms with van der Waals surface area (Å²) in [6, 6.07) is 7.74. The van der Waals surface area contributed by atoms with Crippen molar-refractivity contribution in [2.45, 2.75) is 31.6 Å². The van der Waals surface area contributed by atoms with Crippen LogP contribution in [0, 0.1) is 10.1 Å². The molecule has 2 aromatic heterocycles. The van der Waals surface area contributed by atoms with Crippen LogP contribution in [0.25, 0.3) is 11.4 Å². The smallest absolute Gasteiger partial charge is 0.270 e. The summed E-state index contributed by atoms with van der Waals surface area (Å²) in [4.78, 5) is 36.3. The molecule has 3 aromatic rings. The summed E-state index contributed by atoms with van der Waals surface area (Å²) >= 11 is 6.14. The van der Waals surface area contributed by atoms with Gasteiger partial charge in [-0.05, 0) is 31.0 Å². The number of hydrogen-bond donors (Lipinski definition) is 0. The van der Waals surface area contributed by atoms with Gasteiger partial charge in [0.25, 0.3) is 11.6 Å². The van der Waals surface area contributed by atoms with E-state index in [1.54, 1.807) is 11.1 Å². The van der Waals surface area contributed by atoms with Crippen LogP contribution in [0.1, 0.15) is 47.8 Å². The van der Waals surface area contributed by atoms with Crippen molar-refractivity contribution in [1.29, 1.82) is 0 Å². The number of nitrogens with zero attached hydrogens (tertiary/aromatic N) is 6. The summed E-state index contributed by atoms with van der Waals surface area (Å²) in [6.45, 7) is 2.07. The fourth-order valence-electron chi connectivity index (χ4n) is 4.50. The lowest BCUT2D eigenvalue weighted by Gasteiger charge is -2.35. The third-order valence-electron chi connectivity index (χ3n) is 6.43. The molecular weight excluding hydrogens is 460 g/mol. The summed E-state index contributed by atoms with van der Waals surface area (Å²) < 4.78 is 5.47. The topological polar surface area (TPSA) is 118 Å². The quantitative estimate of drug-likeness (QED) is 0.389. The van der Waals surface area contributed by atoms with E-state index in [0.717, 1.165) is 24.2 Å². The molecule has 0 radical (unpaired) electrons. The molecular formula is C23H23ClN6O4. The van der Waals surface area contributed by atoms with E-state index >= 15 is 0 Å². The number of amides is 1. The van der Waals surface area contributed by atoms with Gasteiger partial charge in [-0.2, -0.15) is 4.98 Å². The van der Waals surface area contributed by atoms with Crippen molar-refractivity contribution in [3.8, 4) is 11.4 Å². The Morgan fingerprint density at radius 1 is 1.12 bits per heavy atom. The number of nitro groups is 1. The summed E-state index contributed by atoms with van der Waals surface area (Å²) in [7, 11) is 0. The minimum atomic E-state index is -0.537. The molecule has 3 heterocycles. The first-order chi connectivity index (χ1) is 16.5. The van der Waals surface area contributed by atoms with E-state index in [9.17, 15) is 14.9 Å². The van der Waals surface area contributed by atoms with Gasteiger partial charge in [-0.15, -0.1) is 0 Å². The number of anilines is 1. The fraction of sp³-hybridized carbons (Fsp3) is 0.391. The minimum absolute atomic E-state index is 0.142. The zero-order chi connectivity index (χ0) is 23.7. The summed E-state index contributed by atoms with van der Waals surface area (Å²) in [5.41, 5.74) is 0.780. The van der Waals surface area contributed by atoms with Gasteiger partial charge in [-0.25, -0.2) is 4.98 Å². The average molecular weight is 483 g/mol. The molecule has 34 heavy (non-hydrogen) atoms. The van der Waals surface area contributed by atoms with E-state index in [1.165, 1.54) is 31.0 Å². The first-order valence-electron chi connectivity index (χ1n) is 11.3. The van der Waals surface area contributed by atoms with E-state index in [2.05, 4.69) is 20.0 Å². The molecule has 1 saturated heterocycles. The van der Waals surface area contributed by atoms with Crippen LogP contribution >= 0.6 is 11.6 Å². The number of benzene rings is 1. The summed E-state index contributed by atoms with van der Waals surface area (Å²) in [5, 5.41) is 15.4. The lowest BCUT2D eigenvalue weighted by Crippen LogP contribution is -2.49. The summed E-state index contributed by atoms with van der Waals surface area (Å²) in [5.74, 6) is 2.10. The number of nitro benzene ring substituents is 1. The third kappa shape index (κ3) is 4.45. The van der Waals surface area contributed by atoms with Gasteiger partial charge in [0, 0.05) is 56.0 Å². The molecule has 0 bridgehead atoms. The molecule has 10 nitrogen and oxygen atoms in total. The number of hydrogen-bond acceptors (Lipinski definition) is 8. The van der Waals surface area contributed by atoms with Crippen LogP contribution in [-0.4, -0.2) is 57.0 Å². The van der Waals surface area contributed by atoms with Crippen LogP contribution in [0.3, 0.4) is 0 Å². The fourth-order valence-corrected chi connectivity index (χ4v) is 4.69. The van der Waals surface area contributed by atoms with Crippen molar-refractivity contribution in [3.63, 3.8) is 0 Å². The Morgan fingerprint density at radius 3 is 2.56 bits per heavy atom. The number of piperazine rings is 1. The molecule has 11 heteroatoms. The number of carbonyl (C=O) groups is 1. The molecule has 2 fully saturated rings. The maximum atomic E-state index is 12.9. The third-order valence-corrected chi connectivity index (χ3v) is 6.76. The van der Waals surface area contributed by atoms with Crippen molar-refractivity contribution >= 4 is 29.0 Å². The number of aromatic nitrogens is 3. The predicted octanol–water partition coefficient (Wildman–Crippen LogP) is 4.31. The van der Waals surface area contributed by atoms with Crippen molar-refractivity contribution in [2.75, 3.05) is 31.1 Å². The van der Waals surface area contributed by atoms with Gasteiger partial charge in [0.05, 0.1) is 15.5 Å². The van der Waals surface area contributed by atoms with Gasteiger partial charge in [0.1, 0.15) is 5.82 Å². The second-order valence-corrected chi connectivity index (χ2v) is 8.95. The highest BCUT2D eigenvalue weighted by atomic mass is 35.5. The van der Waals surface area contributed by atoms with Crippen LogP contribution < -0.4 is 4.90 Å². The Kier molecular flexibility index (Phi) is 6.14. The van der Waals surface area contributed by atoms with E-state index in [1.807, 2.05) is 12.1 Å². The average Bonchev–Trinajstić information content (AvgIpc) is 3.56. The Labute approximate surface area is 200 Å². The highest BCUT2D eigenvalue weighted by Crippen LogP contribution is 2.34. The molecule has 0 unspecified atom stereocenters. The van der Waals surface area contributed by atoms with Crippen LogP contribution in [0.15, 0.2) is 41.1 Å². The maximum absolute atomic E-state index is 12.9. The minimum Gasteiger partial charge on any atom is -0.353 e. The van der Waals surface area contributed by atoms with Gasteiger partial charge in [0.15, 0.2) is 0 Å². The van der Waals surface area contributed by atoms with Gasteiger partial charge in [-0.3, -0.25) is 14.9 Å². The maximum Gasteiger partial charge on any atom is 0.270 e. The normalized spacial score (nSPS) is 16.7. The van der Waals surface area contributed by atoms with E-state index in [0.29, 0.717) is 43.8 Å². The number of halogens is 1. The van der Waals surface area contributed by atoms with E-state index < -0.39 is 4.92 Å². The molecule has 0 N–H and O–H groups in total. The lowest BCUT2D eigenvalue weighted by atomic mass is 10.1. The van der Waals surface area contributed by atoms with Crippen LogP contribution in [0.4, 0.5) is 11.5 Å². The lowest BCUT2D eigenvalue weighted by molar-refractivity contribution is -0.384. The Morgan fingerprint density at radius 2 is 1.88 bits per heavy atom. The van der Waals surface area contributed by atoms with Gasteiger partial charge in [0.2, 0.25) is 11.7 Å². The standard InChI is InChI=1S/C23H23ClN6O4/c24-19-7-6-17(30(32)33)13-18(19)23(31)29-11-9-28(10-12-29)20-8-5-16(14-25-20)21-26-22(34-27-21)15-3-1-2-4-15/h5-8,13-15H,1-4,9-12H2. The second-order valence-electron chi connectivity index (χ2n) is 8.54. The molecule has 2 aliphatic rings. The van der Waals surface area contributed by atoms with Gasteiger partial charge < -0.3 is 14.3 Å². The molecule has 1 aliphatic carbocycles. The van der Waals surface area contributed by atoms with Crippen LogP contribution in [0.5, 0.6) is 0 Å². The molecule has 0 spiro atoms. The molecule has 1 amide bonds. The molecule has 1 aromatic carbocycles. The van der Waals surface area contributed by atoms with E-state index in [-0.39, 0.29) is 22.2 Å². The number of rotatable bonds is 5. The zero-order valence-corrected chi connectivity index (χ0v) is 19.1. The number of pyridine rings is 1. The van der Waals surface area contributed by atoms with E-state index in [4.69, 9.17) is 16.1 Å². The first-order valence-corrected chi connectivity index (χ1v) is 11.7. The SMILES string of the molecule is O=C(c1cc([N+](=O)[O-])ccc1Cl)N1CCN(c2ccc(-c3noc(C4CCCC4)n3)cn2)CC1. The molecule has 1 saturated carbocycles. The monoisotopic (exact) mass is 482 g/mol. The Balaban J connectivity index is 1.22. The zero-order valence-electron chi connectivity index (χ0n) is 18.4. The largest absolute Gasteiger partial charge is 0.353 e.